The predicted octanol–water partition coefficient (Wildman–Crippen LogP) is 1.64. The predicted molar refractivity (Wildman–Crippen MR) is 88.2 cm³/mol. The van der Waals surface area contributed by atoms with E-state index in [1.165, 1.54) is 25.1 Å². The van der Waals surface area contributed by atoms with E-state index in [1.54, 1.807) is 13.2 Å². The first-order chi connectivity index (χ1) is 10.6. The summed E-state index contributed by atoms with van der Waals surface area (Å²) in [7, 11) is -3.70. The van der Waals surface area contributed by atoms with Crippen LogP contribution in [0.4, 0.5) is 0 Å². The largest absolute Gasteiger partial charge is 0.478 e. The van der Waals surface area contributed by atoms with E-state index in [2.05, 4.69) is 0 Å². The highest BCUT2D eigenvalue weighted by atomic mass is 32.2. The summed E-state index contributed by atoms with van der Waals surface area (Å²) in [5.74, 6) is -2.94. The number of carbonyl (C=O) groups excluding carboxylic acids is 1. The Bertz CT molecular complexity index is 701. The van der Waals surface area contributed by atoms with Crippen LogP contribution in [-0.4, -0.2) is 42.8 Å². The Labute approximate surface area is 139 Å². The third-order valence-corrected chi connectivity index (χ3v) is 5.60. The molecule has 7 nitrogen and oxygen atoms in total. The van der Waals surface area contributed by atoms with Gasteiger partial charge >= 0.3 is 5.97 Å². The van der Waals surface area contributed by atoms with Crippen molar-refractivity contribution in [3.8, 4) is 0 Å². The molecular weight excluding hydrogens is 342 g/mol. The van der Waals surface area contributed by atoms with E-state index in [-0.39, 0.29) is 16.9 Å². The van der Waals surface area contributed by atoms with Crippen LogP contribution in [0, 0.1) is 0 Å². The van der Waals surface area contributed by atoms with E-state index in [1.807, 2.05) is 0 Å². The van der Waals surface area contributed by atoms with Crippen molar-refractivity contribution in [2.75, 3.05) is 12.0 Å². The standard InChI is InChI=1S/C14H19NO6S2/c1-4-23(19,20)21-14(22-3)8(2)9-6-5-7-10(12(15)16)11(9)13(17)18/h5-8,14H,4H2,1-3H3,(H2,15,16)(H,17,18). The maximum atomic E-state index is 11.7. The number of nitrogens with two attached hydrogens (primary N) is 1. The molecule has 1 amide bonds. The maximum Gasteiger partial charge on any atom is 0.336 e. The summed E-state index contributed by atoms with van der Waals surface area (Å²) in [6.45, 7) is 3.09. The summed E-state index contributed by atoms with van der Waals surface area (Å²) in [4.78, 5) is 23.0. The van der Waals surface area contributed by atoms with Gasteiger partial charge in [0.2, 0.25) is 5.91 Å². The smallest absolute Gasteiger partial charge is 0.336 e. The molecule has 0 fully saturated rings. The van der Waals surface area contributed by atoms with Crippen molar-refractivity contribution < 1.29 is 27.3 Å². The third-order valence-electron chi connectivity index (χ3n) is 3.30. The van der Waals surface area contributed by atoms with Crippen LogP contribution in [0.3, 0.4) is 0 Å². The molecule has 2 atom stereocenters. The molecule has 3 N–H and O–H groups in total. The van der Waals surface area contributed by atoms with Crippen molar-refractivity contribution in [3.05, 3.63) is 34.9 Å². The number of carboxylic acids is 1. The van der Waals surface area contributed by atoms with Gasteiger partial charge in [0.25, 0.3) is 10.1 Å². The fourth-order valence-corrected chi connectivity index (χ4v) is 3.90. The minimum Gasteiger partial charge on any atom is -0.478 e. The zero-order valence-corrected chi connectivity index (χ0v) is 14.6. The molecule has 0 spiro atoms. The summed E-state index contributed by atoms with van der Waals surface area (Å²) in [5, 5.41) is 9.40. The highest BCUT2D eigenvalue weighted by molar-refractivity contribution is 7.99. The van der Waals surface area contributed by atoms with Gasteiger partial charge in [0.1, 0.15) is 5.44 Å². The summed E-state index contributed by atoms with van der Waals surface area (Å²) in [6.07, 6.45) is 1.66. The Balaban J connectivity index is 3.36. The number of hydrogen-bond acceptors (Lipinski definition) is 6. The SMILES string of the molecule is CCS(=O)(=O)OC(SC)C(C)c1cccc(C(N)=O)c1C(=O)O. The molecule has 1 aromatic carbocycles. The third kappa shape index (κ3) is 4.69. The molecule has 9 heteroatoms. The Kier molecular flexibility index (Phi) is 6.60. The average molecular weight is 361 g/mol. The Morgan fingerprint density at radius 2 is 2.00 bits per heavy atom. The molecule has 0 aliphatic heterocycles. The summed E-state index contributed by atoms with van der Waals surface area (Å²) < 4.78 is 28.5. The van der Waals surface area contributed by atoms with Crippen molar-refractivity contribution >= 4 is 33.8 Å². The zero-order chi connectivity index (χ0) is 17.8. The fourth-order valence-electron chi connectivity index (χ4n) is 2.08. The van der Waals surface area contributed by atoms with Crippen LogP contribution < -0.4 is 5.73 Å². The van der Waals surface area contributed by atoms with Gasteiger partial charge in [0.05, 0.1) is 16.9 Å². The van der Waals surface area contributed by atoms with E-state index in [0.29, 0.717) is 5.56 Å². The average Bonchev–Trinajstić information content (AvgIpc) is 2.50. The molecule has 0 radical (unpaired) electrons. The quantitative estimate of drug-likeness (QED) is 0.533. The topological polar surface area (TPSA) is 124 Å². The van der Waals surface area contributed by atoms with Crippen LogP contribution in [0.1, 0.15) is 46.0 Å². The molecule has 1 aromatic rings. The molecule has 0 aliphatic carbocycles. The van der Waals surface area contributed by atoms with Crippen LogP contribution in [0.15, 0.2) is 18.2 Å². The van der Waals surface area contributed by atoms with Crippen molar-refractivity contribution in [2.45, 2.75) is 25.2 Å². The van der Waals surface area contributed by atoms with Crippen LogP contribution in [0.2, 0.25) is 0 Å². The normalized spacial score (nSPS) is 14.2. The summed E-state index contributed by atoms with van der Waals surface area (Å²) >= 11 is 1.14. The maximum absolute atomic E-state index is 11.7. The van der Waals surface area contributed by atoms with Crippen LogP contribution >= 0.6 is 11.8 Å². The monoisotopic (exact) mass is 361 g/mol. The van der Waals surface area contributed by atoms with E-state index in [0.717, 1.165) is 11.8 Å². The number of hydrogen-bond donors (Lipinski definition) is 2. The van der Waals surface area contributed by atoms with Gasteiger partial charge in [-0.15, -0.1) is 11.8 Å². The fraction of sp³-hybridized carbons (Fsp3) is 0.429. The minimum atomic E-state index is -3.70. The van der Waals surface area contributed by atoms with Crippen molar-refractivity contribution in [3.63, 3.8) is 0 Å². The van der Waals surface area contributed by atoms with Gasteiger partial charge in [-0.2, -0.15) is 8.42 Å². The molecule has 0 aromatic heterocycles. The van der Waals surface area contributed by atoms with Gasteiger partial charge in [-0.05, 0) is 24.8 Å². The lowest BCUT2D eigenvalue weighted by atomic mass is 9.92. The van der Waals surface area contributed by atoms with Crippen LogP contribution in [-0.2, 0) is 14.3 Å². The molecule has 0 aliphatic rings. The highest BCUT2D eigenvalue weighted by Gasteiger charge is 2.29. The Morgan fingerprint density at radius 3 is 2.43 bits per heavy atom. The van der Waals surface area contributed by atoms with Gasteiger partial charge in [-0.1, -0.05) is 19.1 Å². The molecule has 0 bridgehead atoms. The molecule has 128 valence electrons. The number of carbonyl (C=O) groups is 2. The van der Waals surface area contributed by atoms with Gasteiger partial charge in [0, 0.05) is 5.92 Å². The van der Waals surface area contributed by atoms with Crippen molar-refractivity contribution in [2.24, 2.45) is 5.73 Å². The van der Waals surface area contributed by atoms with Gasteiger partial charge < -0.3 is 10.8 Å². The van der Waals surface area contributed by atoms with Crippen molar-refractivity contribution in [1.29, 1.82) is 0 Å². The number of benzene rings is 1. The number of rotatable bonds is 8. The first-order valence-corrected chi connectivity index (χ1v) is 9.60. The Hall–Kier alpha value is -1.58. The van der Waals surface area contributed by atoms with Crippen LogP contribution in [0.5, 0.6) is 0 Å². The first-order valence-electron chi connectivity index (χ1n) is 6.74. The number of primary amides is 1. The second-order valence-corrected chi connectivity index (χ2v) is 7.60. The lowest BCUT2D eigenvalue weighted by Gasteiger charge is -2.24. The molecule has 0 saturated heterocycles. The lowest BCUT2D eigenvalue weighted by molar-refractivity contribution is 0.0690. The second kappa shape index (κ2) is 7.80. The molecule has 23 heavy (non-hydrogen) atoms. The summed E-state index contributed by atoms with van der Waals surface area (Å²) in [5.41, 5.74) is 4.33. The molecule has 0 heterocycles. The molecule has 1 rings (SSSR count). The Morgan fingerprint density at radius 1 is 1.39 bits per heavy atom. The van der Waals surface area contributed by atoms with Crippen LogP contribution in [0.25, 0.3) is 0 Å². The van der Waals surface area contributed by atoms with E-state index < -0.39 is 33.3 Å². The first kappa shape index (κ1) is 19.5. The van der Waals surface area contributed by atoms with E-state index in [9.17, 15) is 23.1 Å². The van der Waals surface area contributed by atoms with Crippen molar-refractivity contribution in [1.82, 2.24) is 0 Å². The number of thioether (sulfide) groups is 1. The van der Waals surface area contributed by atoms with Gasteiger partial charge in [-0.3, -0.25) is 8.98 Å². The summed E-state index contributed by atoms with van der Waals surface area (Å²) in [6, 6.07) is 4.34. The number of amides is 1. The number of carboxylic acid groups (broad SMARTS) is 1. The lowest BCUT2D eigenvalue weighted by Crippen LogP contribution is -2.25. The molecular formula is C14H19NO6S2. The van der Waals surface area contributed by atoms with E-state index >= 15 is 0 Å². The van der Waals surface area contributed by atoms with E-state index in [4.69, 9.17) is 9.92 Å². The minimum absolute atomic E-state index is 0.125. The highest BCUT2D eigenvalue weighted by Crippen LogP contribution is 2.32. The second-order valence-electron chi connectivity index (χ2n) is 4.77. The van der Waals surface area contributed by atoms with Gasteiger partial charge in [-0.25, -0.2) is 4.79 Å². The molecule has 0 saturated carbocycles. The number of aromatic carboxylic acids is 1. The molecule has 2 unspecified atom stereocenters. The zero-order valence-electron chi connectivity index (χ0n) is 13.0. The van der Waals surface area contributed by atoms with Gasteiger partial charge in [0.15, 0.2) is 0 Å².